The Hall–Kier alpha value is -2.74. The predicted octanol–water partition coefficient (Wildman–Crippen LogP) is -14.6. The molecule has 3 amide bonds. The summed E-state index contributed by atoms with van der Waals surface area (Å²) in [5.41, 5.74) is -0.652. The maximum Gasteiger partial charge on any atom is 1.00 e. The molecule has 320 valence electrons. The summed E-state index contributed by atoms with van der Waals surface area (Å²) in [6.07, 6.45) is -5.94. The number of ether oxygens (including phenoxy) is 3. The average molecular weight is 916 g/mol. The topological polar surface area (TPSA) is 347 Å². The van der Waals surface area contributed by atoms with E-state index in [0.29, 0.717) is 16.7 Å². The van der Waals surface area contributed by atoms with Crippen molar-refractivity contribution in [3.05, 3.63) is 108 Å². The number of carbonyl (C=O) groups excluding carboxylic acids is 8. The molecule has 0 aliphatic heterocycles. The Balaban J connectivity index is -0.00000290. The molecular weight excluding hydrogens is 874 g/mol. The van der Waals surface area contributed by atoms with Crippen molar-refractivity contribution in [3.63, 3.8) is 0 Å². The number of nitrogens with one attached hydrogen (secondary N) is 3. The van der Waals surface area contributed by atoms with Gasteiger partial charge in [-0.3, -0.25) is 9.59 Å². The summed E-state index contributed by atoms with van der Waals surface area (Å²) < 4.78 is 15.7. The Morgan fingerprint density at radius 2 is 0.937 bits per heavy atom. The number of amides is 3. The van der Waals surface area contributed by atoms with Crippen molar-refractivity contribution in [1.29, 1.82) is 0 Å². The van der Waals surface area contributed by atoms with Gasteiger partial charge in [0.2, 0.25) is 0 Å². The van der Waals surface area contributed by atoms with E-state index in [-0.39, 0.29) is 148 Å². The summed E-state index contributed by atoms with van der Waals surface area (Å²) in [5.74, 6) is -8.19. The van der Waals surface area contributed by atoms with E-state index in [1.54, 1.807) is 104 Å². The van der Waals surface area contributed by atoms with Gasteiger partial charge in [0.05, 0.1) is 12.4 Å². The molecule has 0 radical (unpaired) electrons. The van der Waals surface area contributed by atoms with Crippen LogP contribution in [0, 0.1) is 5.92 Å². The van der Waals surface area contributed by atoms with E-state index in [4.69, 9.17) is 14.2 Å². The maximum atomic E-state index is 13.1. The number of hydrogen-bond donors (Lipinski definition) is 5. The van der Waals surface area contributed by atoms with Crippen LogP contribution in [0.4, 0.5) is 9.59 Å². The van der Waals surface area contributed by atoms with Crippen molar-refractivity contribution in [2.24, 2.45) is 5.92 Å². The van der Waals surface area contributed by atoms with Crippen LogP contribution in [0.2, 0.25) is 0 Å². The molecule has 0 fully saturated rings. The Kier molecular flexibility index (Phi) is 37.7. The number of carboxylic acids is 2. The molecule has 3 rings (SSSR count). The standard InChI is InChI=1S/C39H41N3O15.4Na.2H2O/c43-20-29(17-26-12-6-2-7-13-26)40-37(53)56-23-39(42-34(48)32(46)33(47)36(51)52,24-57-38(54)41-30(21-44)18-27-14-8-3-9-15-27)22-55-31(45)19-28(35(49)50)16-25-10-4-1-5-11-25;;;;;;/h1-15,28-30,32-33,46-47H,16-19,22-24H2,(H,40,53)(H,41,54)(H,42,48)(H,49,50)(H,51,52);;;;;2*1H2/q-2;4*+1;;/p-4. The van der Waals surface area contributed by atoms with Crippen molar-refractivity contribution >= 4 is 48.6 Å². The van der Waals surface area contributed by atoms with E-state index in [1.165, 1.54) is 0 Å². The van der Waals surface area contributed by atoms with Gasteiger partial charge in [0.25, 0.3) is 5.91 Å². The molecule has 0 saturated heterocycles. The van der Waals surface area contributed by atoms with Gasteiger partial charge in [-0.05, 0) is 36.0 Å². The molecule has 0 spiro atoms. The van der Waals surface area contributed by atoms with Gasteiger partial charge in [-0.15, -0.1) is 0 Å². The Morgan fingerprint density at radius 1 is 0.571 bits per heavy atom. The fraction of sp³-hybridized carbons (Fsp3) is 0.333. The number of rotatable bonds is 23. The largest absolute Gasteiger partial charge is 1.00 e. The molecule has 5 atom stereocenters. The van der Waals surface area contributed by atoms with Crippen LogP contribution >= 0.6 is 0 Å². The number of aliphatic hydroxyl groups excluding tert-OH is 2. The van der Waals surface area contributed by atoms with E-state index in [0.717, 1.165) is 0 Å². The molecule has 7 N–H and O–H groups in total. The van der Waals surface area contributed by atoms with Crippen LogP contribution in [0.1, 0.15) is 23.1 Å². The minimum Gasteiger partial charge on any atom is -0.870 e. The third-order valence-corrected chi connectivity index (χ3v) is 8.17. The first kappa shape index (κ1) is 66.9. The molecule has 0 saturated carbocycles. The van der Waals surface area contributed by atoms with Crippen molar-refractivity contribution in [2.75, 3.05) is 19.8 Å². The van der Waals surface area contributed by atoms with E-state index < -0.39 is 98.0 Å². The molecule has 0 heterocycles. The monoisotopic (exact) mass is 915 g/mol. The second kappa shape index (κ2) is 35.5. The van der Waals surface area contributed by atoms with Gasteiger partial charge in [-0.2, -0.15) is 0 Å². The van der Waals surface area contributed by atoms with Crippen molar-refractivity contribution in [2.45, 2.75) is 55.5 Å². The van der Waals surface area contributed by atoms with Gasteiger partial charge in [0, 0.05) is 11.9 Å². The Morgan fingerprint density at radius 3 is 1.29 bits per heavy atom. The van der Waals surface area contributed by atoms with Gasteiger partial charge in [0.15, 0.2) is 6.10 Å². The maximum absolute atomic E-state index is 13.1. The zero-order chi connectivity index (χ0) is 41.8. The Labute approximate surface area is 450 Å². The summed E-state index contributed by atoms with van der Waals surface area (Å²) in [6.45, 7) is -3.34. The molecule has 20 nitrogen and oxygen atoms in total. The van der Waals surface area contributed by atoms with E-state index >= 15 is 0 Å². The fourth-order valence-corrected chi connectivity index (χ4v) is 5.18. The predicted molar refractivity (Wildman–Crippen MR) is 194 cm³/mol. The molecule has 63 heavy (non-hydrogen) atoms. The molecule has 0 bridgehead atoms. The molecular formula is C39H41N3Na4O17-2. The molecule has 5 unspecified atom stereocenters. The summed E-state index contributed by atoms with van der Waals surface area (Å²) in [6, 6.07) is 22.5. The molecule has 0 aromatic heterocycles. The number of benzene rings is 3. The van der Waals surface area contributed by atoms with E-state index in [1.807, 2.05) is 0 Å². The fourth-order valence-electron chi connectivity index (χ4n) is 5.18. The molecule has 3 aromatic rings. The zero-order valence-electron chi connectivity index (χ0n) is 35.1. The SMILES string of the molecule is O=[C-]C(Cc1ccccc1)NC(=O)OCC(COC(=O)CC(Cc1ccccc1)C(=O)[O-])(COC(=O)NC([C-]=O)Cc1ccccc1)NC(=O)C(O)C(O)C(=O)[O-].[Na+].[Na+].[Na+].[Na+].[OH-].[OH-]. The first-order valence-electron chi connectivity index (χ1n) is 17.2. The van der Waals surface area contributed by atoms with Crippen LogP contribution < -0.4 is 144 Å². The van der Waals surface area contributed by atoms with Crippen molar-refractivity contribution in [1.82, 2.24) is 16.0 Å². The normalized spacial score (nSPS) is 13.0. The molecule has 3 aromatic carbocycles. The van der Waals surface area contributed by atoms with Crippen molar-refractivity contribution in [3.8, 4) is 0 Å². The first-order valence-corrected chi connectivity index (χ1v) is 17.2. The third-order valence-electron chi connectivity index (χ3n) is 8.17. The smallest absolute Gasteiger partial charge is 0.870 e. The second-order valence-electron chi connectivity index (χ2n) is 12.7. The van der Waals surface area contributed by atoms with Crippen LogP contribution in [0.5, 0.6) is 0 Å². The van der Waals surface area contributed by atoms with Gasteiger partial charge in [-0.25, -0.2) is 22.2 Å². The summed E-state index contributed by atoms with van der Waals surface area (Å²) >= 11 is 0. The number of aliphatic carboxylic acids is 2. The van der Waals surface area contributed by atoms with E-state index in [9.17, 15) is 58.8 Å². The summed E-state index contributed by atoms with van der Waals surface area (Å²) in [7, 11) is 0. The molecule has 0 aliphatic carbocycles. The minimum atomic E-state index is -2.80. The van der Waals surface area contributed by atoms with Crippen LogP contribution in [-0.4, -0.2) is 119 Å². The van der Waals surface area contributed by atoms with Gasteiger partial charge in [-0.1, -0.05) is 103 Å². The van der Waals surface area contributed by atoms with Crippen LogP contribution in [0.15, 0.2) is 91.0 Å². The number of hydrogen-bond acceptors (Lipinski definition) is 17. The van der Waals surface area contributed by atoms with E-state index in [2.05, 4.69) is 16.0 Å². The van der Waals surface area contributed by atoms with Crippen LogP contribution in [-0.2, 0) is 62.2 Å². The summed E-state index contributed by atoms with van der Waals surface area (Å²) in [4.78, 5) is 98.6. The minimum absolute atomic E-state index is 0. The van der Waals surface area contributed by atoms with Crippen LogP contribution in [0.3, 0.4) is 0 Å². The molecule has 0 aliphatic rings. The number of esters is 1. The van der Waals surface area contributed by atoms with Crippen molar-refractivity contribution < 1.29 is 202 Å². The first-order chi connectivity index (χ1) is 27.2. The average Bonchev–Trinajstić information content (AvgIpc) is 3.21. The van der Waals surface area contributed by atoms with Gasteiger partial charge in [0.1, 0.15) is 31.5 Å². The van der Waals surface area contributed by atoms with Crippen LogP contribution in [0.25, 0.3) is 0 Å². The number of carboxylic acid groups (broad SMARTS) is 2. The number of carbonyl (C=O) groups is 6. The number of aliphatic hydroxyl groups is 2. The molecule has 24 heteroatoms. The van der Waals surface area contributed by atoms with Gasteiger partial charge >= 0.3 is 136 Å². The summed E-state index contributed by atoms with van der Waals surface area (Å²) in [5, 5.41) is 49.7. The Bertz CT molecular complexity index is 1760. The third kappa shape index (κ3) is 24.9. The number of alkyl carbamates (subject to hydrolysis) is 2. The quantitative estimate of drug-likeness (QED) is 0.0255. The zero-order valence-corrected chi connectivity index (χ0v) is 43.1. The van der Waals surface area contributed by atoms with Gasteiger partial charge < -0.3 is 80.7 Å². The second-order valence-corrected chi connectivity index (χ2v) is 12.7.